The summed E-state index contributed by atoms with van der Waals surface area (Å²) in [6, 6.07) is 18.2. The van der Waals surface area contributed by atoms with E-state index in [2.05, 4.69) is 10.6 Å². The van der Waals surface area contributed by atoms with Crippen LogP contribution in [0.3, 0.4) is 0 Å². The second-order valence-corrected chi connectivity index (χ2v) is 5.46. The van der Waals surface area contributed by atoms with Gasteiger partial charge in [-0.05, 0) is 60.7 Å². The zero-order valence-electron chi connectivity index (χ0n) is 14.4. The van der Waals surface area contributed by atoms with E-state index < -0.39 is 0 Å². The molecule has 0 aliphatic carbocycles. The Kier molecular flexibility index (Phi) is 5.77. The molecular formula is C20H20N2O4. The van der Waals surface area contributed by atoms with Gasteiger partial charge in [-0.25, -0.2) is 0 Å². The summed E-state index contributed by atoms with van der Waals surface area (Å²) in [5.41, 5.74) is 1.64. The molecule has 0 spiro atoms. The van der Waals surface area contributed by atoms with Gasteiger partial charge >= 0.3 is 0 Å². The predicted octanol–water partition coefficient (Wildman–Crippen LogP) is 4.03. The van der Waals surface area contributed by atoms with Crippen molar-refractivity contribution >= 4 is 17.3 Å². The van der Waals surface area contributed by atoms with E-state index >= 15 is 0 Å². The number of ether oxygens (including phenoxy) is 2. The van der Waals surface area contributed by atoms with Gasteiger partial charge in [0, 0.05) is 17.9 Å². The highest BCUT2D eigenvalue weighted by molar-refractivity contribution is 6.02. The molecule has 6 nitrogen and oxygen atoms in total. The van der Waals surface area contributed by atoms with Crippen LogP contribution in [0.2, 0.25) is 0 Å². The molecule has 26 heavy (non-hydrogen) atoms. The van der Waals surface area contributed by atoms with Crippen molar-refractivity contribution in [3.63, 3.8) is 0 Å². The molecule has 1 heterocycles. The van der Waals surface area contributed by atoms with Crippen LogP contribution in [-0.2, 0) is 0 Å². The summed E-state index contributed by atoms with van der Waals surface area (Å²) in [4.78, 5) is 11.9. The third kappa shape index (κ3) is 4.80. The molecule has 0 bridgehead atoms. The quantitative estimate of drug-likeness (QED) is 0.599. The topological polar surface area (TPSA) is 72.7 Å². The van der Waals surface area contributed by atoms with Gasteiger partial charge in [0.05, 0.1) is 13.4 Å². The molecule has 0 atom stereocenters. The number of rotatable bonds is 8. The van der Waals surface area contributed by atoms with Crippen LogP contribution in [0.4, 0.5) is 11.4 Å². The second kappa shape index (κ2) is 8.62. The predicted molar refractivity (Wildman–Crippen MR) is 100 cm³/mol. The molecule has 2 aromatic carbocycles. The van der Waals surface area contributed by atoms with E-state index in [1.54, 1.807) is 19.2 Å². The molecule has 0 fully saturated rings. The number of furan rings is 1. The van der Waals surface area contributed by atoms with Gasteiger partial charge in [0.2, 0.25) is 0 Å². The van der Waals surface area contributed by atoms with Gasteiger partial charge < -0.3 is 24.5 Å². The van der Waals surface area contributed by atoms with Crippen molar-refractivity contribution in [1.29, 1.82) is 0 Å². The van der Waals surface area contributed by atoms with Crippen LogP contribution in [0.1, 0.15) is 10.6 Å². The number of hydrogen-bond donors (Lipinski definition) is 2. The smallest absolute Gasteiger partial charge is 0.291 e. The van der Waals surface area contributed by atoms with Crippen LogP contribution in [0.5, 0.6) is 11.5 Å². The third-order valence-electron chi connectivity index (χ3n) is 3.65. The first kappa shape index (κ1) is 17.4. The zero-order chi connectivity index (χ0) is 18.2. The SMILES string of the molecule is COc1ccc(OCCNc2ccc(NC(=O)c3ccco3)cc2)cc1. The summed E-state index contributed by atoms with van der Waals surface area (Å²) in [7, 11) is 1.63. The van der Waals surface area contributed by atoms with E-state index in [0.717, 1.165) is 17.2 Å². The molecule has 0 saturated carbocycles. The Morgan fingerprint density at radius 1 is 0.962 bits per heavy atom. The van der Waals surface area contributed by atoms with Crippen LogP contribution >= 0.6 is 0 Å². The number of methoxy groups -OCH3 is 1. The zero-order valence-corrected chi connectivity index (χ0v) is 14.4. The number of carbonyl (C=O) groups is 1. The molecule has 0 radical (unpaired) electrons. The number of benzene rings is 2. The lowest BCUT2D eigenvalue weighted by Crippen LogP contribution is -2.12. The minimum atomic E-state index is -0.274. The average Bonchev–Trinajstić information content (AvgIpc) is 3.22. The largest absolute Gasteiger partial charge is 0.497 e. The summed E-state index contributed by atoms with van der Waals surface area (Å²) in [5, 5.41) is 6.04. The number of anilines is 2. The molecule has 0 unspecified atom stereocenters. The lowest BCUT2D eigenvalue weighted by atomic mass is 10.2. The van der Waals surface area contributed by atoms with Crippen LogP contribution in [0.15, 0.2) is 71.3 Å². The molecule has 0 saturated heterocycles. The van der Waals surface area contributed by atoms with Gasteiger partial charge in [0.15, 0.2) is 5.76 Å². The molecule has 2 N–H and O–H groups in total. The molecule has 3 rings (SSSR count). The van der Waals surface area contributed by atoms with E-state index in [0.29, 0.717) is 18.8 Å². The van der Waals surface area contributed by atoms with Gasteiger partial charge in [-0.15, -0.1) is 0 Å². The highest BCUT2D eigenvalue weighted by atomic mass is 16.5. The van der Waals surface area contributed by atoms with Crippen molar-refractivity contribution < 1.29 is 18.7 Å². The summed E-state index contributed by atoms with van der Waals surface area (Å²) >= 11 is 0. The Balaban J connectivity index is 1.41. The first-order valence-corrected chi connectivity index (χ1v) is 8.20. The van der Waals surface area contributed by atoms with Gasteiger partial charge in [-0.2, -0.15) is 0 Å². The third-order valence-corrected chi connectivity index (χ3v) is 3.65. The Bertz CT molecular complexity index is 812. The first-order valence-electron chi connectivity index (χ1n) is 8.20. The molecule has 3 aromatic rings. The van der Waals surface area contributed by atoms with Crippen LogP contribution in [0.25, 0.3) is 0 Å². The van der Waals surface area contributed by atoms with Crippen molar-refractivity contribution in [2.45, 2.75) is 0 Å². The van der Waals surface area contributed by atoms with Crippen LogP contribution < -0.4 is 20.1 Å². The maximum Gasteiger partial charge on any atom is 0.291 e. The molecule has 6 heteroatoms. The highest BCUT2D eigenvalue weighted by Crippen LogP contribution is 2.17. The molecule has 1 amide bonds. The average molecular weight is 352 g/mol. The Morgan fingerprint density at radius 3 is 2.31 bits per heavy atom. The van der Waals surface area contributed by atoms with Crippen molar-refractivity contribution in [3.05, 3.63) is 72.7 Å². The molecule has 0 aliphatic rings. The van der Waals surface area contributed by atoms with Crippen LogP contribution in [-0.4, -0.2) is 26.2 Å². The van der Waals surface area contributed by atoms with Gasteiger partial charge in [0.1, 0.15) is 18.1 Å². The fourth-order valence-corrected chi connectivity index (χ4v) is 2.31. The molecule has 0 aliphatic heterocycles. The second-order valence-electron chi connectivity index (χ2n) is 5.46. The Hall–Kier alpha value is -3.41. The molecule has 1 aromatic heterocycles. The Labute approximate surface area is 151 Å². The van der Waals surface area contributed by atoms with Crippen molar-refractivity contribution in [1.82, 2.24) is 0 Å². The lowest BCUT2D eigenvalue weighted by molar-refractivity contribution is 0.0996. The summed E-state index contributed by atoms with van der Waals surface area (Å²) in [6.07, 6.45) is 1.47. The molecule has 134 valence electrons. The maximum atomic E-state index is 11.9. The van der Waals surface area contributed by atoms with Gasteiger partial charge in [0.25, 0.3) is 5.91 Å². The fourth-order valence-electron chi connectivity index (χ4n) is 2.31. The standard InChI is InChI=1S/C20H20N2O4/c1-24-17-8-10-18(11-9-17)25-14-12-21-15-4-6-16(7-5-15)22-20(23)19-3-2-13-26-19/h2-11,13,21H,12,14H2,1H3,(H,22,23). The van der Waals surface area contributed by atoms with Crippen LogP contribution in [0, 0.1) is 0 Å². The minimum Gasteiger partial charge on any atom is -0.497 e. The normalized spacial score (nSPS) is 10.2. The monoisotopic (exact) mass is 352 g/mol. The van der Waals surface area contributed by atoms with E-state index in [-0.39, 0.29) is 11.7 Å². The van der Waals surface area contributed by atoms with E-state index in [4.69, 9.17) is 13.9 Å². The lowest BCUT2D eigenvalue weighted by Gasteiger charge is -2.10. The van der Waals surface area contributed by atoms with E-state index in [1.807, 2.05) is 48.5 Å². The summed E-state index contributed by atoms with van der Waals surface area (Å²) < 4.78 is 15.8. The number of carbonyl (C=O) groups excluding carboxylic acids is 1. The van der Waals surface area contributed by atoms with Crippen molar-refractivity contribution in [2.24, 2.45) is 0 Å². The van der Waals surface area contributed by atoms with E-state index in [9.17, 15) is 4.79 Å². The first-order chi connectivity index (χ1) is 12.7. The number of amides is 1. The van der Waals surface area contributed by atoms with Gasteiger partial charge in [-0.3, -0.25) is 4.79 Å². The minimum absolute atomic E-state index is 0.274. The van der Waals surface area contributed by atoms with Crippen molar-refractivity contribution in [3.8, 4) is 11.5 Å². The van der Waals surface area contributed by atoms with Crippen molar-refractivity contribution in [2.75, 3.05) is 30.9 Å². The number of hydrogen-bond acceptors (Lipinski definition) is 5. The maximum absolute atomic E-state index is 11.9. The number of nitrogens with one attached hydrogen (secondary N) is 2. The molecular weight excluding hydrogens is 332 g/mol. The van der Waals surface area contributed by atoms with E-state index in [1.165, 1.54) is 6.26 Å². The fraction of sp³-hybridized carbons (Fsp3) is 0.150. The summed E-state index contributed by atoms with van der Waals surface area (Å²) in [6.45, 7) is 1.19. The highest BCUT2D eigenvalue weighted by Gasteiger charge is 2.08. The Morgan fingerprint density at radius 2 is 1.65 bits per heavy atom. The van der Waals surface area contributed by atoms with Gasteiger partial charge in [-0.1, -0.05) is 0 Å². The summed E-state index contributed by atoms with van der Waals surface area (Å²) in [5.74, 6) is 1.60.